The molecule has 0 spiro atoms. The molecule has 6 heteroatoms. The molecule has 0 unspecified atom stereocenters. The van der Waals surface area contributed by atoms with E-state index in [-0.39, 0.29) is 0 Å². The average Bonchev–Trinajstić information content (AvgIpc) is 4.13. The summed E-state index contributed by atoms with van der Waals surface area (Å²) in [5.41, 5.74) is 9.73. The zero-order chi connectivity index (χ0) is 44.3. The Bertz CT molecular complexity index is 2110. The highest BCUT2D eigenvalue weighted by atomic mass is 16.5. The number of fused-ring (bicyclic) bond motifs is 8. The summed E-state index contributed by atoms with van der Waals surface area (Å²) in [6, 6.07) is 23.3. The molecule has 0 saturated carbocycles. The molecule has 8 bridgehead atoms. The Kier molecular flexibility index (Phi) is 22.2. The van der Waals surface area contributed by atoms with E-state index in [9.17, 15) is 0 Å². The molecule has 3 aromatic heterocycles. The largest absolute Gasteiger partial charge is 0.493 e. The molecule has 0 aliphatic carbocycles. The number of hydrogen-bond acceptors (Lipinski definition) is 4. The van der Waals surface area contributed by atoms with Gasteiger partial charge in [-0.25, -0.2) is 9.97 Å². The number of hydrogen-bond donors (Lipinski definition) is 2. The third-order valence-corrected chi connectivity index (χ3v) is 12.9. The van der Waals surface area contributed by atoms with E-state index in [4.69, 9.17) is 19.4 Å². The normalized spacial score (nSPS) is 12.2. The molecule has 0 fully saturated rings. The predicted octanol–water partition coefficient (Wildman–Crippen LogP) is 17.8. The molecule has 1 aromatic carbocycles. The van der Waals surface area contributed by atoms with E-state index in [2.05, 4.69) is 109 Å². The molecule has 0 radical (unpaired) electrons. The Hall–Kier alpha value is -4.58. The number of unbranched alkanes of at least 4 members (excludes halogenated alkanes) is 26. The number of nitrogens with zero attached hydrogens (tertiary/aromatic N) is 2. The van der Waals surface area contributed by atoms with Crippen molar-refractivity contribution in [1.82, 2.24) is 19.9 Å². The number of ether oxygens (including phenoxy) is 2. The summed E-state index contributed by atoms with van der Waals surface area (Å²) in [6.07, 6.45) is 44.1. The van der Waals surface area contributed by atoms with Gasteiger partial charge in [-0.1, -0.05) is 181 Å². The van der Waals surface area contributed by atoms with Crippen molar-refractivity contribution in [3.05, 3.63) is 95.1 Å². The van der Waals surface area contributed by atoms with Crippen LogP contribution >= 0.6 is 0 Å². The maximum Gasteiger partial charge on any atom is 0.123 e. The summed E-state index contributed by atoms with van der Waals surface area (Å²) in [5, 5.41) is 0. The predicted molar refractivity (Wildman–Crippen MR) is 275 cm³/mol. The lowest BCUT2D eigenvalue weighted by Crippen LogP contribution is -2.01. The van der Waals surface area contributed by atoms with Gasteiger partial charge in [-0.2, -0.15) is 0 Å². The molecule has 4 aromatic rings. The monoisotopic (exact) mass is 867 g/mol. The molecule has 0 saturated heterocycles. The fourth-order valence-electron chi connectivity index (χ4n) is 9.11. The van der Waals surface area contributed by atoms with Crippen LogP contribution in [0.4, 0.5) is 0 Å². The van der Waals surface area contributed by atoms with E-state index in [1.165, 1.54) is 167 Å². The minimum absolute atomic E-state index is 0.711. The van der Waals surface area contributed by atoms with Gasteiger partial charge in [0.05, 0.1) is 36.0 Å². The van der Waals surface area contributed by atoms with Crippen molar-refractivity contribution >= 4 is 45.9 Å². The first-order valence-corrected chi connectivity index (χ1v) is 26.1. The second kappa shape index (κ2) is 29.1. The highest BCUT2D eigenvalue weighted by molar-refractivity contribution is 5.94. The molecule has 0 atom stereocenters. The molecule has 6 nitrogen and oxygen atoms in total. The van der Waals surface area contributed by atoms with Crippen molar-refractivity contribution in [3.8, 4) is 11.5 Å². The SMILES string of the molecule is CCCCCCCCCCCCCCCCOc1cc(OCCCCCCCCCCCCCCCC)cc(C2=Cc3cc4ccc(cc5ccc(cc6nc(cc2n3)C=C6)[nH]5)[nH]4)c1. The minimum atomic E-state index is 0.711. The Balaban J connectivity index is 1.06. The van der Waals surface area contributed by atoms with Crippen molar-refractivity contribution in [2.75, 3.05) is 13.2 Å². The van der Waals surface area contributed by atoms with Crippen LogP contribution in [0, 0.1) is 0 Å². The van der Waals surface area contributed by atoms with Crippen molar-refractivity contribution in [2.24, 2.45) is 0 Å². The van der Waals surface area contributed by atoms with Crippen LogP contribution in [0.2, 0.25) is 0 Å². The van der Waals surface area contributed by atoms with Gasteiger partial charge in [-0.3, -0.25) is 0 Å². The zero-order valence-corrected chi connectivity index (χ0v) is 40.0. The Morgan fingerprint density at radius 1 is 0.375 bits per heavy atom. The van der Waals surface area contributed by atoms with Crippen LogP contribution in [-0.2, 0) is 0 Å². The second-order valence-corrected chi connectivity index (χ2v) is 18.7. The van der Waals surface area contributed by atoms with Gasteiger partial charge in [0, 0.05) is 33.7 Å². The quantitative estimate of drug-likeness (QED) is 0.0404. The summed E-state index contributed by atoms with van der Waals surface area (Å²) in [4.78, 5) is 17.2. The summed E-state index contributed by atoms with van der Waals surface area (Å²) in [7, 11) is 0. The van der Waals surface area contributed by atoms with Gasteiger partial charge >= 0.3 is 0 Å². The van der Waals surface area contributed by atoms with Crippen LogP contribution in [0.25, 0.3) is 45.9 Å². The maximum atomic E-state index is 6.52. The summed E-state index contributed by atoms with van der Waals surface area (Å²) >= 11 is 0. The first-order chi connectivity index (χ1) is 31.6. The number of nitrogens with one attached hydrogen (secondary N) is 2. The van der Waals surface area contributed by atoms with E-state index in [0.717, 1.165) is 80.3 Å². The van der Waals surface area contributed by atoms with E-state index >= 15 is 0 Å². The molecular weight excluding hydrogens is 785 g/mol. The summed E-state index contributed by atoms with van der Waals surface area (Å²) in [6.45, 7) is 6.01. The fraction of sp³-hybridized carbons (Fsp3) is 0.552. The van der Waals surface area contributed by atoms with Crippen LogP contribution in [-0.4, -0.2) is 33.1 Å². The van der Waals surface area contributed by atoms with Gasteiger partial charge in [-0.05, 0) is 97.3 Å². The molecule has 6 rings (SSSR count). The minimum Gasteiger partial charge on any atom is -0.493 e. The molecule has 2 aliphatic heterocycles. The summed E-state index contributed by atoms with van der Waals surface area (Å²) in [5.74, 6) is 1.72. The zero-order valence-electron chi connectivity index (χ0n) is 40.0. The lowest BCUT2D eigenvalue weighted by Gasteiger charge is -2.13. The van der Waals surface area contributed by atoms with Gasteiger partial charge < -0.3 is 19.4 Å². The third kappa shape index (κ3) is 18.1. The van der Waals surface area contributed by atoms with Gasteiger partial charge in [0.2, 0.25) is 0 Å². The average molecular weight is 867 g/mol. The molecule has 0 amide bonds. The molecule has 2 aliphatic rings. The van der Waals surface area contributed by atoms with Crippen molar-refractivity contribution in [2.45, 2.75) is 194 Å². The van der Waals surface area contributed by atoms with Gasteiger partial charge in [0.1, 0.15) is 11.5 Å². The van der Waals surface area contributed by atoms with E-state index < -0.39 is 0 Å². The fourth-order valence-corrected chi connectivity index (χ4v) is 9.11. The smallest absolute Gasteiger partial charge is 0.123 e. The van der Waals surface area contributed by atoms with E-state index in [1.807, 2.05) is 0 Å². The van der Waals surface area contributed by atoms with Crippen molar-refractivity contribution in [3.63, 3.8) is 0 Å². The number of aromatic amines is 2. The van der Waals surface area contributed by atoms with Crippen molar-refractivity contribution in [1.29, 1.82) is 0 Å². The standard InChI is InChI=1S/C58H82N4O2/c1-3-5-7-9-11-13-15-17-19-21-23-25-27-29-37-63-55-39-47(40-56(46-55)64-38-30-28-26-24-22-20-18-16-14-12-10-8-6-4-2)57-44-54-43-52-34-33-50(60-52)41-48-31-32-49(59-48)42-51-35-36-53(61-51)45-58(57)62-54/h31-36,39-46,59-60H,3-30,37-38H2,1-2H3. The Morgan fingerprint density at radius 2 is 0.750 bits per heavy atom. The Morgan fingerprint density at radius 3 is 1.19 bits per heavy atom. The van der Waals surface area contributed by atoms with Crippen LogP contribution in [0.5, 0.6) is 11.5 Å². The molecule has 64 heavy (non-hydrogen) atoms. The van der Waals surface area contributed by atoms with Gasteiger partial charge in [0.15, 0.2) is 0 Å². The molecule has 346 valence electrons. The van der Waals surface area contributed by atoms with E-state index in [1.54, 1.807) is 0 Å². The van der Waals surface area contributed by atoms with Crippen LogP contribution in [0.1, 0.15) is 222 Å². The van der Waals surface area contributed by atoms with Crippen LogP contribution in [0.3, 0.4) is 0 Å². The van der Waals surface area contributed by atoms with Crippen LogP contribution < -0.4 is 9.47 Å². The van der Waals surface area contributed by atoms with Gasteiger partial charge in [-0.15, -0.1) is 0 Å². The molecular formula is C58H82N4O2. The molecule has 5 heterocycles. The van der Waals surface area contributed by atoms with Crippen LogP contribution in [0.15, 0.2) is 66.7 Å². The summed E-state index contributed by atoms with van der Waals surface area (Å²) < 4.78 is 13.0. The highest BCUT2D eigenvalue weighted by Gasteiger charge is 2.17. The topological polar surface area (TPSA) is 75.8 Å². The van der Waals surface area contributed by atoms with Crippen molar-refractivity contribution < 1.29 is 9.47 Å². The number of rotatable bonds is 33. The third-order valence-electron chi connectivity index (χ3n) is 12.9. The lowest BCUT2D eigenvalue weighted by atomic mass is 10.0. The lowest BCUT2D eigenvalue weighted by molar-refractivity contribution is 0.289. The number of benzene rings is 1. The first kappa shape index (κ1) is 48.9. The maximum absolute atomic E-state index is 6.52. The van der Waals surface area contributed by atoms with E-state index in [0.29, 0.717) is 13.2 Å². The highest BCUT2D eigenvalue weighted by Crippen LogP contribution is 2.35. The second-order valence-electron chi connectivity index (χ2n) is 18.7. The first-order valence-electron chi connectivity index (χ1n) is 26.1. The number of aromatic nitrogens is 4. The van der Waals surface area contributed by atoms with Gasteiger partial charge in [0.25, 0.3) is 0 Å². The number of H-pyrrole nitrogens is 2. The Labute approximate surface area is 387 Å². The molecule has 2 N–H and O–H groups in total.